The molecule has 1 rings (SSSR count). The van der Waals surface area contributed by atoms with Crippen molar-refractivity contribution in [1.29, 1.82) is 0 Å². The highest BCUT2D eigenvalue weighted by molar-refractivity contribution is 5.80. The van der Waals surface area contributed by atoms with Gasteiger partial charge < -0.3 is 45.4 Å². The summed E-state index contributed by atoms with van der Waals surface area (Å²) in [6, 6.07) is -1.01. The molecule has 0 spiro atoms. The summed E-state index contributed by atoms with van der Waals surface area (Å²) in [5, 5.41) is 64.3. The van der Waals surface area contributed by atoms with Crippen LogP contribution >= 0.6 is 0 Å². The van der Waals surface area contributed by atoms with E-state index in [0.29, 0.717) is 12.8 Å². The first kappa shape index (κ1) is 48.9. The minimum Gasteiger partial charge on any atom is -0.394 e. The molecule has 0 aliphatic carbocycles. The van der Waals surface area contributed by atoms with E-state index in [-0.39, 0.29) is 13.0 Å². The van der Waals surface area contributed by atoms with Crippen LogP contribution in [0.2, 0.25) is 0 Å². The normalized spacial score (nSPS) is 22.9. The zero-order valence-electron chi connectivity index (χ0n) is 32.9. The third-order valence-corrected chi connectivity index (χ3v) is 9.40. The summed E-state index contributed by atoms with van der Waals surface area (Å²) in [6.07, 6.45) is 31.6. The quantitative estimate of drug-likeness (QED) is 0.0295. The number of nitrogens with one attached hydrogen (secondary N) is 1. The van der Waals surface area contributed by atoms with Crippen LogP contribution in [0.15, 0.2) is 60.8 Å². The number of amides is 1. The van der Waals surface area contributed by atoms with Gasteiger partial charge in [-0.2, -0.15) is 0 Å². The number of allylic oxidation sites excluding steroid dienone is 9. The number of aliphatic hydroxyl groups is 6. The standard InChI is InChI=1S/C43H75NO9/c1-3-5-7-9-11-13-15-17-18-19-20-22-24-26-28-30-32-37(47)42(51)44-35(34-52-43-41(50)40(49)39(48)38(33-45)53-43)36(46)31-29-27-25-23-21-16-14-12-10-8-6-4-2/h10-13,17-18,21,23,29,31,35-41,43,45-50H,3-9,14-16,19-20,22,24-28,30,32-34H2,1-2H3,(H,44,51)/b12-10+,13-11-,18-17-,23-21+,31-29+. The van der Waals surface area contributed by atoms with Crippen LogP contribution in [0.1, 0.15) is 142 Å². The van der Waals surface area contributed by atoms with Crippen LogP contribution in [0.3, 0.4) is 0 Å². The van der Waals surface area contributed by atoms with Crippen LogP contribution < -0.4 is 5.32 Å². The fourth-order valence-electron chi connectivity index (χ4n) is 5.91. The summed E-state index contributed by atoms with van der Waals surface area (Å²) in [4.78, 5) is 13.0. The molecule has 1 saturated heterocycles. The summed E-state index contributed by atoms with van der Waals surface area (Å²) >= 11 is 0. The van der Waals surface area contributed by atoms with Crippen molar-refractivity contribution in [3.63, 3.8) is 0 Å². The van der Waals surface area contributed by atoms with Crippen LogP contribution in [0.25, 0.3) is 0 Å². The SMILES string of the molecule is CCCC/C=C/CC/C=C/CC/C=C/C(O)C(COC1OC(CO)C(O)C(O)C1O)NC(=O)C(O)CCCCCCCC/C=C\C/C=C\CCCCC. The number of ether oxygens (including phenoxy) is 2. The van der Waals surface area contributed by atoms with E-state index in [1.807, 2.05) is 6.08 Å². The van der Waals surface area contributed by atoms with Crippen LogP contribution in [-0.4, -0.2) is 98.7 Å². The summed E-state index contributed by atoms with van der Waals surface area (Å²) < 4.78 is 11.1. The minimum absolute atomic E-state index is 0.285. The maximum atomic E-state index is 13.0. The second-order valence-electron chi connectivity index (χ2n) is 14.2. The number of unbranched alkanes of at least 4 members (excludes halogenated alkanes) is 13. The maximum Gasteiger partial charge on any atom is 0.249 e. The van der Waals surface area contributed by atoms with Crippen molar-refractivity contribution >= 4 is 5.91 Å². The van der Waals surface area contributed by atoms with Crippen molar-refractivity contribution in [1.82, 2.24) is 5.32 Å². The van der Waals surface area contributed by atoms with Gasteiger partial charge in [0.1, 0.15) is 30.5 Å². The lowest BCUT2D eigenvalue weighted by Crippen LogP contribution is -2.60. The van der Waals surface area contributed by atoms with Gasteiger partial charge in [-0.25, -0.2) is 0 Å². The fraction of sp³-hybridized carbons (Fsp3) is 0.744. The first-order chi connectivity index (χ1) is 25.8. The Kier molecular flexibility index (Phi) is 30.6. The largest absolute Gasteiger partial charge is 0.394 e. The van der Waals surface area contributed by atoms with Crippen molar-refractivity contribution in [2.45, 2.75) is 191 Å². The molecular weight excluding hydrogens is 674 g/mol. The molecule has 8 atom stereocenters. The lowest BCUT2D eigenvalue weighted by atomic mass is 9.99. The number of hydrogen-bond acceptors (Lipinski definition) is 9. The van der Waals surface area contributed by atoms with Gasteiger partial charge in [0.25, 0.3) is 0 Å². The van der Waals surface area contributed by atoms with Gasteiger partial charge in [-0.3, -0.25) is 4.79 Å². The highest BCUT2D eigenvalue weighted by Crippen LogP contribution is 2.22. The van der Waals surface area contributed by atoms with Crippen molar-refractivity contribution < 1.29 is 44.9 Å². The molecule has 10 nitrogen and oxygen atoms in total. The Morgan fingerprint density at radius 1 is 0.660 bits per heavy atom. The van der Waals surface area contributed by atoms with Crippen LogP contribution in [0.4, 0.5) is 0 Å². The molecule has 0 aromatic heterocycles. The van der Waals surface area contributed by atoms with Crippen LogP contribution in [0, 0.1) is 0 Å². The maximum absolute atomic E-state index is 13.0. The molecule has 1 fully saturated rings. The Morgan fingerprint density at radius 2 is 1.19 bits per heavy atom. The van der Waals surface area contributed by atoms with E-state index in [1.165, 1.54) is 38.5 Å². The van der Waals surface area contributed by atoms with Crippen LogP contribution in [0.5, 0.6) is 0 Å². The van der Waals surface area contributed by atoms with E-state index in [4.69, 9.17) is 9.47 Å². The number of carbonyl (C=O) groups is 1. The molecule has 1 aliphatic rings. The predicted octanol–water partition coefficient (Wildman–Crippen LogP) is 6.63. The van der Waals surface area contributed by atoms with Gasteiger partial charge in [-0.1, -0.05) is 132 Å². The van der Waals surface area contributed by atoms with Crippen molar-refractivity contribution in [2.75, 3.05) is 13.2 Å². The first-order valence-corrected chi connectivity index (χ1v) is 20.6. The van der Waals surface area contributed by atoms with Gasteiger partial charge >= 0.3 is 0 Å². The Labute approximate surface area is 320 Å². The third kappa shape index (κ3) is 24.1. The summed E-state index contributed by atoms with van der Waals surface area (Å²) in [6.45, 7) is 3.47. The molecule has 0 bridgehead atoms. The molecule has 7 N–H and O–H groups in total. The molecule has 1 amide bonds. The Bertz CT molecular complexity index is 1030. The molecular formula is C43H75NO9. The van der Waals surface area contributed by atoms with E-state index >= 15 is 0 Å². The van der Waals surface area contributed by atoms with Gasteiger partial charge in [0.2, 0.25) is 5.91 Å². The summed E-state index contributed by atoms with van der Waals surface area (Å²) in [7, 11) is 0. The minimum atomic E-state index is -1.62. The van der Waals surface area contributed by atoms with E-state index in [9.17, 15) is 35.4 Å². The van der Waals surface area contributed by atoms with E-state index in [1.54, 1.807) is 6.08 Å². The molecule has 8 unspecified atom stereocenters. The smallest absolute Gasteiger partial charge is 0.249 e. The number of rotatable bonds is 32. The van der Waals surface area contributed by atoms with Gasteiger partial charge in [0.15, 0.2) is 6.29 Å². The first-order valence-electron chi connectivity index (χ1n) is 20.6. The average molecular weight is 750 g/mol. The molecule has 0 aromatic carbocycles. The predicted molar refractivity (Wildman–Crippen MR) is 213 cm³/mol. The zero-order valence-corrected chi connectivity index (χ0v) is 32.9. The molecule has 1 aliphatic heterocycles. The van der Waals surface area contributed by atoms with Crippen molar-refractivity contribution in [3.05, 3.63) is 60.8 Å². The molecule has 0 saturated carbocycles. The number of aliphatic hydroxyl groups excluding tert-OH is 6. The van der Waals surface area contributed by atoms with Gasteiger partial charge in [-0.05, 0) is 70.6 Å². The lowest BCUT2D eigenvalue weighted by molar-refractivity contribution is -0.302. The lowest BCUT2D eigenvalue weighted by Gasteiger charge is -2.40. The van der Waals surface area contributed by atoms with E-state index in [2.05, 4.69) is 67.8 Å². The van der Waals surface area contributed by atoms with E-state index in [0.717, 1.165) is 70.6 Å². The monoisotopic (exact) mass is 750 g/mol. The summed E-state index contributed by atoms with van der Waals surface area (Å²) in [5.74, 6) is -0.644. The summed E-state index contributed by atoms with van der Waals surface area (Å²) in [5.41, 5.74) is 0. The van der Waals surface area contributed by atoms with Crippen molar-refractivity contribution in [2.24, 2.45) is 0 Å². The molecule has 0 aromatic rings. The second-order valence-corrected chi connectivity index (χ2v) is 14.2. The molecule has 1 heterocycles. The molecule has 306 valence electrons. The Hall–Kier alpha value is -2.15. The zero-order chi connectivity index (χ0) is 38.9. The average Bonchev–Trinajstić information content (AvgIpc) is 3.16. The second kappa shape index (κ2) is 33.2. The van der Waals surface area contributed by atoms with Gasteiger partial charge in [-0.15, -0.1) is 0 Å². The Morgan fingerprint density at radius 3 is 1.81 bits per heavy atom. The Balaban J connectivity index is 2.51. The van der Waals surface area contributed by atoms with E-state index < -0.39 is 61.5 Å². The molecule has 53 heavy (non-hydrogen) atoms. The molecule has 0 radical (unpaired) electrons. The van der Waals surface area contributed by atoms with Crippen molar-refractivity contribution in [3.8, 4) is 0 Å². The fourth-order valence-corrected chi connectivity index (χ4v) is 5.91. The third-order valence-electron chi connectivity index (χ3n) is 9.40. The number of hydrogen-bond donors (Lipinski definition) is 7. The van der Waals surface area contributed by atoms with Gasteiger partial charge in [0, 0.05) is 0 Å². The highest BCUT2D eigenvalue weighted by Gasteiger charge is 2.44. The number of carbonyl (C=O) groups excluding carboxylic acids is 1. The molecule has 10 heteroatoms. The van der Waals surface area contributed by atoms with Crippen LogP contribution in [-0.2, 0) is 14.3 Å². The highest BCUT2D eigenvalue weighted by atomic mass is 16.7. The van der Waals surface area contributed by atoms with Gasteiger partial charge in [0.05, 0.1) is 25.4 Å². The topological polar surface area (TPSA) is 169 Å².